The summed E-state index contributed by atoms with van der Waals surface area (Å²) < 4.78 is 10.5. The summed E-state index contributed by atoms with van der Waals surface area (Å²) in [5, 5.41) is 14.0. The molecule has 0 fully saturated rings. The van der Waals surface area contributed by atoms with Crippen LogP contribution in [-0.2, 0) is 6.54 Å². The zero-order valence-electron chi connectivity index (χ0n) is 15.8. The Kier molecular flexibility index (Phi) is 6.41. The highest BCUT2D eigenvalue weighted by atomic mass is 16.5. The molecular weight excluding hydrogens is 356 g/mol. The highest BCUT2D eigenvalue weighted by Crippen LogP contribution is 2.18. The first-order chi connectivity index (χ1) is 13.7. The molecule has 7 heteroatoms. The topological polar surface area (TPSA) is 85.4 Å². The number of rotatable bonds is 8. The molecule has 3 aromatic rings. The summed E-state index contributed by atoms with van der Waals surface area (Å²) in [5.41, 5.74) is 2.08. The Balaban J connectivity index is 1.54. The summed E-state index contributed by atoms with van der Waals surface area (Å²) in [6, 6.07) is 18.4. The Bertz CT molecular complexity index is 894. The Morgan fingerprint density at radius 2 is 1.64 bits per heavy atom. The van der Waals surface area contributed by atoms with Gasteiger partial charge in [0.2, 0.25) is 0 Å². The first-order valence-corrected chi connectivity index (χ1v) is 8.92. The van der Waals surface area contributed by atoms with E-state index in [1.54, 1.807) is 19.2 Å². The van der Waals surface area contributed by atoms with Crippen molar-refractivity contribution in [2.75, 3.05) is 19.0 Å². The predicted molar refractivity (Wildman–Crippen MR) is 107 cm³/mol. The number of benzene rings is 2. The van der Waals surface area contributed by atoms with E-state index in [1.165, 1.54) is 0 Å². The summed E-state index contributed by atoms with van der Waals surface area (Å²) >= 11 is 0. The molecule has 0 unspecified atom stereocenters. The van der Waals surface area contributed by atoms with E-state index in [0.29, 0.717) is 19.0 Å². The van der Waals surface area contributed by atoms with Gasteiger partial charge in [0.15, 0.2) is 11.5 Å². The van der Waals surface area contributed by atoms with Crippen molar-refractivity contribution in [3.05, 3.63) is 71.9 Å². The van der Waals surface area contributed by atoms with Gasteiger partial charge in [-0.3, -0.25) is 4.79 Å². The average molecular weight is 378 g/mol. The van der Waals surface area contributed by atoms with Gasteiger partial charge >= 0.3 is 0 Å². The van der Waals surface area contributed by atoms with E-state index in [-0.39, 0.29) is 11.6 Å². The van der Waals surface area contributed by atoms with Crippen LogP contribution in [-0.4, -0.2) is 29.8 Å². The number of anilines is 2. The number of ether oxygens (including phenoxy) is 2. The number of nitrogens with one attached hydrogen (secondary N) is 2. The van der Waals surface area contributed by atoms with Crippen LogP contribution in [0.4, 0.5) is 11.5 Å². The van der Waals surface area contributed by atoms with E-state index in [4.69, 9.17) is 9.47 Å². The van der Waals surface area contributed by atoms with E-state index in [0.717, 1.165) is 22.7 Å². The molecule has 0 saturated heterocycles. The third-order valence-electron chi connectivity index (χ3n) is 3.95. The Hall–Kier alpha value is -3.61. The van der Waals surface area contributed by atoms with Gasteiger partial charge in [-0.05, 0) is 61.0 Å². The molecule has 144 valence electrons. The summed E-state index contributed by atoms with van der Waals surface area (Å²) in [5.74, 6) is 1.85. The van der Waals surface area contributed by atoms with Crippen molar-refractivity contribution in [2.45, 2.75) is 13.5 Å². The molecule has 2 aromatic carbocycles. The van der Waals surface area contributed by atoms with Crippen LogP contribution in [0.25, 0.3) is 0 Å². The quantitative estimate of drug-likeness (QED) is 0.623. The highest BCUT2D eigenvalue weighted by Gasteiger charge is 2.08. The van der Waals surface area contributed by atoms with Crippen molar-refractivity contribution in [3.63, 3.8) is 0 Å². The van der Waals surface area contributed by atoms with Crippen LogP contribution < -0.4 is 20.1 Å². The lowest BCUT2D eigenvalue weighted by Crippen LogP contribution is -2.24. The number of carbonyl (C=O) groups excluding carboxylic acids is 1. The van der Waals surface area contributed by atoms with Gasteiger partial charge in [-0.25, -0.2) is 0 Å². The van der Waals surface area contributed by atoms with E-state index < -0.39 is 0 Å². The van der Waals surface area contributed by atoms with Crippen molar-refractivity contribution in [1.29, 1.82) is 0 Å². The fourth-order valence-electron chi connectivity index (χ4n) is 2.49. The summed E-state index contributed by atoms with van der Waals surface area (Å²) in [7, 11) is 1.61. The molecular formula is C21H22N4O3. The first-order valence-electron chi connectivity index (χ1n) is 8.92. The van der Waals surface area contributed by atoms with Gasteiger partial charge in [-0.15, -0.1) is 10.2 Å². The second kappa shape index (κ2) is 9.36. The molecule has 1 heterocycles. The molecule has 0 atom stereocenters. The zero-order chi connectivity index (χ0) is 19.8. The number of carbonyl (C=O) groups is 1. The van der Waals surface area contributed by atoms with Gasteiger partial charge in [0.25, 0.3) is 5.91 Å². The molecule has 28 heavy (non-hydrogen) atoms. The van der Waals surface area contributed by atoms with Gasteiger partial charge in [0.05, 0.1) is 13.7 Å². The predicted octanol–water partition coefficient (Wildman–Crippen LogP) is 3.56. The van der Waals surface area contributed by atoms with Crippen LogP contribution in [0.3, 0.4) is 0 Å². The molecule has 0 bridgehead atoms. The van der Waals surface area contributed by atoms with Crippen molar-refractivity contribution >= 4 is 17.4 Å². The third-order valence-corrected chi connectivity index (χ3v) is 3.95. The minimum atomic E-state index is -0.282. The normalized spacial score (nSPS) is 10.2. The number of amides is 1. The number of hydrogen-bond acceptors (Lipinski definition) is 6. The lowest BCUT2D eigenvalue weighted by atomic mass is 10.2. The standard InChI is InChI=1S/C21H22N4O3/c1-3-28-18-10-6-16(7-11-18)23-20-13-12-19(24-25-20)21(26)22-14-15-4-8-17(27-2)9-5-15/h4-13H,3,14H2,1-2H3,(H,22,26)(H,23,25). The summed E-state index contributed by atoms with van der Waals surface area (Å²) in [6.07, 6.45) is 0. The van der Waals surface area contributed by atoms with Gasteiger partial charge in [0.1, 0.15) is 11.5 Å². The monoisotopic (exact) mass is 378 g/mol. The van der Waals surface area contributed by atoms with E-state index in [1.807, 2.05) is 55.5 Å². The van der Waals surface area contributed by atoms with Crippen molar-refractivity contribution < 1.29 is 14.3 Å². The van der Waals surface area contributed by atoms with Crippen LogP contribution in [0.5, 0.6) is 11.5 Å². The maximum atomic E-state index is 12.2. The van der Waals surface area contributed by atoms with Crippen LogP contribution in [0.15, 0.2) is 60.7 Å². The van der Waals surface area contributed by atoms with Gasteiger partial charge in [-0.1, -0.05) is 12.1 Å². The largest absolute Gasteiger partial charge is 0.497 e. The lowest BCUT2D eigenvalue weighted by Gasteiger charge is -2.08. The minimum absolute atomic E-state index is 0.255. The molecule has 0 spiro atoms. The maximum Gasteiger partial charge on any atom is 0.272 e. The van der Waals surface area contributed by atoms with Crippen molar-refractivity contribution in [1.82, 2.24) is 15.5 Å². The molecule has 3 rings (SSSR count). The number of methoxy groups -OCH3 is 1. The fourth-order valence-corrected chi connectivity index (χ4v) is 2.49. The highest BCUT2D eigenvalue weighted by molar-refractivity contribution is 5.92. The smallest absolute Gasteiger partial charge is 0.272 e. The molecule has 0 aliphatic heterocycles. The average Bonchev–Trinajstić information content (AvgIpc) is 2.74. The van der Waals surface area contributed by atoms with Crippen LogP contribution in [0.2, 0.25) is 0 Å². The molecule has 0 aliphatic carbocycles. The van der Waals surface area contributed by atoms with Gasteiger partial charge in [0, 0.05) is 12.2 Å². The van der Waals surface area contributed by atoms with E-state index in [9.17, 15) is 4.79 Å². The molecule has 0 saturated carbocycles. The SMILES string of the molecule is CCOc1ccc(Nc2ccc(C(=O)NCc3ccc(OC)cc3)nn2)cc1. The second-order valence-electron chi connectivity index (χ2n) is 5.92. The maximum absolute atomic E-state index is 12.2. The Labute approximate surface area is 163 Å². The molecule has 7 nitrogen and oxygen atoms in total. The van der Waals surface area contributed by atoms with Gasteiger partial charge in [-0.2, -0.15) is 0 Å². The van der Waals surface area contributed by atoms with Crippen LogP contribution in [0, 0.1) is 0 Å². The zero-order valence-corrected chi connectivity index (χ0v) is 15.8. The molecule has 0 radical (unpaired) electrons. The Morgan fingerprint density at radius 3 is 2.25 bits per heavy atom. The molecule has 1 aromatic heterocycles. The minimum Gasteiger partial charge on any atom is -0.497 e. The molecule has 2 N–H and O–H groups in total. The first kappa shape index (κ1) is 19.2. The van der Waals surface area contributed by atoms with Crippen LogP contribution in [0.1, 0.15) is 23.0 Å². The van der Waals surface area contributed by atoms with Gasteiger partial charge < -0.3 is 20.1 Å². The lowest BCUT2D eigenvalue weighted by molar-refractivity contribution is 0.0945. The second-order valence-corrected chi connectivity index (χ2v) is 5.92. The number of nitrogens with zero attached hydrogens (tertiary/aromatic N) is 2. The summed E-state index contributed by atoms with van der Waals surface area (Å²) in [6.45, 7) is 2.97. The number of hydrogen-bond donors (Lipinski definition) is 2. The van der Waals surface area contributed by atoms with E-state index in [2.05, 4.69) is 20.8 Å². The molecule has 0 aliphatic rings. The van der Waals surface area contributed by atoms with Crippen LogP contribution >= 0.6 is 0 Å². The summed E-state index contributed by atoms with van der Waals surface area (Å²) in [4.78, 5) is 12.2. The van der Waals surface area contributed by atoms with Crippen molar-refractivity contribution in [3.8, 4) is 11.5 Å². The molecule has 1 amide bonds. The van der Waals surface area contributed by atoms with Crippen molar-refractivity contribution in [2.24, 2.45) is 0 Å². The van der Waals surface area contributed by atoms with E-state index >= 15 is 0 Å². The fraction of sp³-hybridized carbons (Fsp3) is 0.190. The number of aromatic nitrogens is 2. The third kappa shape index (κ3) is 5.20. The Morgan fingerprint density at radius 1 is 0.929 bits per heavy atom.